The van der Waals surface area contributed by atoms with Gasteiger partial charge in [0.05, 0.1) is 0 Å². The maximum atomic E-state index is 5.89. The van der Waals surface area contributed by atoms with Gasteiger partial charge in [-0.1, -0.05) is 60.7 Å². The normalized spacial score (nSPS) is 11.0. The van der Waals surface area contributed by atoms with E-state index in [2.05, 4.69) is 42.5 Å². The number of aryl methyl sites for hydroxylation is 1. The second-order valence-electron chi connectivity index (χ2n) is 5.32. The van der Waals surface area contributed by atoms with Crippen LogP contribution in [0.25, 0.3) is 33.5 Å². The molecule has 0 amide bonds. The van der Waals surface area contributed by atoms with Crippen LogP contribution < -0.4 is 0 Å². The molecule has 106 valence electrons. The standard InChI is InChI=1S/C20H15NO/c1-14-19(21-20(22-14)16-9-3-2-4-10-16)18-13-7-11-15-8-5-6-12-17(15)18/h2-13H,1H3. The number of aromatic nitrogens is 1. The molecule has 0 saturated carbocycles. The summed E-state index contributed by atoms with van der Waals surface area (Å²) in [6, 6.07) is 24.6. The Morgan fingerprint density at radius 2 is 1.50 bits per heavy atom. The van der Waals surface area contributed by atoms with Crippen molar-refractivity contribution in [2.45, 2.75) is 6.92 Å². The topological polar surface area (TPSA) is 26.0 Å². The molecule has 2 heteroatoms. The molecular formula is C20H15NO. The zero-order valence-corrected chi connectivity index (χ0v) is 12.3. The summed E-state index contributed by atoms with van der Waals surface area (Å²) in [6.45, 7) is 1.97. The van der Waals surface area contributed by atoms with Crippen LogP contribution in [0.3, 0.4) is 0 Å². The van der Waals surface area contributed by atoms with E-state index in [-0.39, 0.29) is 0 Å². The van der Waals surface area contributed by atoms with E-state index in [0.717, 1.165) is 22.6 Å². The summed E-state index contributed by atoms with van der Waals surface area (Å²) >= 11 is 0. The van der Waals surface area contributed by atoms with Crippen molar-refractivity contribution < 1.29 is 4.42 Å². The van der Waals surface area contributed by atoms with Crippen molar-refractivity contribution in [3.63, 3.8) is 0 Å². The first kappa shape index (κ1) is 12.8. The highest BCUT2D eigenvalue weighted by Crippen LogP contribution is 2.32. The summed E-state index contributed by atoms with van der Waals surface area (Å²) in [5.74, 6) is 1.51. The van der Waals surface area contributed by atoms with Gasteiger partial charge in [0.1, 0.15) is 11.5 Å². The van der Waals surface area contributed by atoms with Gasteiger partial charge in [-0.15, -0.1) is 0 Å². The minimum atomic E-state index is 0.668. The van der Waals surface area contributed by atoms with Crippen LogP contribution in [-0.2, 0) is 0 Å². The number of fused-ring (bicyclic) bond motifs is 1. The Balaban J connectivity index is 1.91. The number of benzene rings is 3. The summed E-state index contributed by atoms with van der Waals surface area (Å²) in [4.78, 5) is 4.73. The van der Waals surface area contributed by atoms with Crippen LogP contribution in [0.4, 0.5) is 0 Å². The van der Waals surface area contributed by atoms with E-state index in [1.807, 2.05) is 37.3 Å². The summed E-state index contributed by atoms with van der Waals surface area (Å²) in [6.07, 6.45) is 0. The monoisotopic (exact) mass is 285 g/mol. The third kappa shape index (κ3) is 2.09. The van der Waals surface area contributed by atoms with Crippen LogP contribution in [0.5, 0.6) is 0 Å². The molecule has 4 rings (SSSR count). The zero-order valence-electron chi connectivity index (χ0n) is 12.3. The highest BCUT2D eigenvalue weighted by atomic mass is 16.4. The Bertz CT molecular complexity index is 933. The fourth-order valence-corrected chi connectivity index (χ4v) is 2.78. The first-order valence-electron chi connectivity index (χ1n) is 7.34. The largest absolute Gasteiger partial charge is 0.441 e. The lowest BCUT2D eigenvalue weighted by molar-refractivity contribution is 0.543. The smallest absolute Gasteiger partial charge is 0.226 e. The van der Waals surface area contributed by atoms with Gasteiger partial charge in [-0.05, 0) is 29.8 Å². The van der Waals surface area contributed by atoms with Gasteiger partial charge in [0.15, 0.2) is 0 Å². The fraction of sp³-hybridized carbons (Fsp3) is 0.0500. The Hall–Kier alpha value is -2.87. The van der Waals surface area contributed by atoms with Gasteiger partial charge in [0.25, 0.3) is 0 Å². The van der Waals surface area contributed by atoms with Crippen LogP contribution in [-0.4, -0.2) is 4.98 Å². The quantitative estimate of drug-likeness (QED) is 0.488. The zero-order chi connectivity index (χ0) is 14.9. The summed E-state index contributed by atoms with van der Waals surface area (Å²) in [5, 5.41) is 2.41. The molecule has 0 unspecified atom stereocenters. The van der Waals surface area contributed by atoms with E-state index in [9.17, 15) is 0 Å². The molecule has 0 saturated heterocycles. The SMILES string of the molecule is Cc1oc(-c2ccccc2)nc1-c1cccc2ccccc12. The lowest BCUT2D eigenvalue weighted by Gasteiger charge is -2.03. The highest BCUT2D eigenvalue weighted by molar-refractivity contribution is 5.96. The van der Waals surface area contributed by atoms with E-state index in [4.69, 9.17) is 9.40 Å². The predicted molar refractivity (Wildman–Crippen MR) is 89.6 cm³/mol. The Morgan fingerprint density at radius 3 is 2.36 bits per heavy atom. The summed E-state index contributed by atoms with van der Waals surface area (Å²) in [7, 11) is 0. The Labute approximate surface area is 129 Å². The van der Waals surface area contributed by atoms with Crippen molar-refractivity contribution in [1.82, 2.24) is 4.98 Å². The third-order valence-electron chi connectivity index (χ3n) is 3.86. The molecule has 0 spiro atoms. The molecule has 1 heterocycles. The van der Waals surface area contributed by atoms with Gasteiger partial charge in [0, 0.05) is 11.1 Å². The minimum Gasteiger partial charge on any atom is -0.441 e. The molecule has 0 radical (unpaired) electrons. The second-order valence-corrected chi connectivity index (χ2v) is 5.32. The summed E-state index contributed by atoms with van der Waals surface area (Å²) < 4.78 is 5.89. The molecule has 22 heavy (non-hydrogen) atoms. The van der Waals surface area contributed by atoms with Crippen molar-refractivity contribution >= 4 is 10.8 Å². The maximum absolute atomic E-state index is 5.89. The molecule has 0 N–H and O–H groups in total. The second kappa shape index (κ2) is 5.15. The van der Waals surface area contributed by atoms with Crippen LogP contribution in [0.1, 0.15) is 5.76 Å². The average molecular weight is 285 g/mol. The highest BCUT2D eigenvalue weighted by Gasteiger charge is 2.14. The molecule has 0 aliphatic carbocycles. The van der Waals surface area contributed by atoms with E-state index in [1.54, 1.807) is 0 Å². The number of nitrogens with zero attached hydrogens (tertiary/aromatic N) is 1. The molecule has 4 aromatic rings. The van der Waals surface area contributed by atoms with E-state index >= 15 is 0 Å². The van der Waals surface area contributed by atoms with Crippen molar-refractivity contribution in [1.29, 1.82) is 0 Å². The predicted octanol–water partition coefficient (Wildman–Crippen LogP) is 5.47. The minimum absolute atomic E-state index is 0.668. The molecule has 0 atom stereocenters. The average Bonchev–Trinajstić information content (AvgIpc) is 2.97. The van der Waals surface area contributed by atoms with Crippen molar-refractivity contribution in [2.75, 3.05) is 0 Å². The lowest BCUT2D eigenvalue weighted by Crippen LogP contribution is -1.84. The molecular weight excluding hydrogens is 270 g/mol. The van der Waals surface area contributed by atoms with Crippen molar-refractivity contribution in [3.8, 4) is 22.7 Å². The Morgan fingerprint density at radius 1 is 0.773 bits per heavy atom. The maximum Gasteiger partial charge on any atom is 0.226 e. The molecule has 0 aliphatic rings. The van der Waals surface area contributed by atoms with Gasteiger partial charge in [-0.2, -0.15) is 0 Å². The van der Waals surface area contributed by atoms with Gasteiger partial charge < -0.3 is 4.42 Å². The summed E-state index contributed by atoms with van der Waals surface area (Å²) in [5.41, 5.74) is 3.02. The van der Waals surface area contributed by atoms with Crippen LogP contribution in [0.2, 0.25) is 0 Å². The van der Waals surface area contributed by atoms with Gasteiger partial charge in [0.2, 0.25) is 5.89 Å². The van der Waals surface area contributed by atoms with E-state index < -0.39 is 0 Å². The molecule has 0 fully saturated rings. The molecule has 0 aliphatic heterocycles. The first-order valence-corrected chi connectivity index (χ1v) is 7.34. The first-order chi connectivity index (χ1) is 10.8. The van der Waals surface area contributed by atoms with Crippen LogP contribution >= 0.6 is 0 Å². The van der Waals surface area contributed by atoms with Gasteiger partial charge >= 0.3 is 0 Å². The van der Waals surface area contributed by atoms with Crippen molar-refractivity contribution in [3.05, 3.63) is 78.6 Å². The lowest BCUT2D eigenvalue weighted by atomic mass is 10.0. The molecule has 2 nitrogen and oxygen atoms in total. The van der Waals surface area contributed by atoms with Crippen molar-refractivity contribution in [2.24, 2.45) is 0 Å². The molecule has 1 aromatic heterocycles. The number of rotatable bonds is 2. The third-order valence-corrected chi connectivity index (χ3v) is 3.86. The number of hydrogen-bond acceptors (Lipinski definition) is 2. The van der Waals surface area contributed by atoms with Gasteiger partial charge in [-0.3, -0.25) is 0 Å². The number of hydrogen-bond donors (Lipinski definition) is 0. The van der Waals surface area contributed by atoms with E-state index in [0.29, 0.717) is 5.89 Å². The number of oxazole rings is 1. The molecule has 3 aromatic carbocycles. The fourth-order valence-electron chi connectivity index (χ4n) is 2.78. The Kier molecular flexibility index (Phi) is 3.01. The van der Waals surface area contributed by atoms with Crippen LogP contribution in [0, 0.1) is 6.92 Å². The van der Waals surface area contributed by atoms with E-state index in [1.165, 1.54) is 10.8 Å². The van der Waals surface area contributed by atoms with Gasteiger partial charge in [-0.25, -0.2) is 4.98 Å². The van der Waals surface area contributed by atoms with Crippen LogP contribution in [0.15, 0.2) is 77.2 Å². The molecule has 0 bridgehead atoms.